The molecule has 0 atom stereocenters. The molecule has 0 heterocycles. The van der Waals surface area contributed by atoms with Crippen LogP contribution in [-0.2, 0) is 0 Å². The minimum atomic E-state index is -0.272. The van der Waals surface area contributed by atoms with Gasteiger partial charge < -0.3 is 5.73 Å². The molecule has 1 aliphatic rings. The van der Waals surface area contributed by atoms with Gasteiger partial charge in [-0.05, 0) is 47.8 Å². The van der Waals surface area contributed by atoms with Gasteiger partial charge in [-0.15, -0.1) is 0 Å². The smallest absolute Gasteiger partial charge is 0.132 e. The fourth-order valence-electron chi connectivity index (χ4n) is 2.18. The van der Waals surface area contributed by atoms with Gasteiger partial charge in [-0.2, -0.15) is 0 Å². The van der Waals surface area contributed by atoms with E-state index in [2.05, 4.69) is 13.2 Å². The van der Waals surface area contributed by atoms with E-state index in [0.717, 1.165) is 29.6 Å². The first-order valence-electron chi connectivity index (χ1n) is 5.89. The van der Waals surface area contributed by atoms with Crippen molar-refractivity contribution in [3.05, 3.63) is 72.1 Å². The minimum absolute atomic E-state index is 0.272. The highest BCUT2D eigenvalue weighted by Crippen LogP contribution is 2.33. The number of benzene rings is 1. The molecule has 0 radical (unpaired) electrons. The summed E-state index contributed by atoms with van der Waals surface area (Å²) in [6.07, 6.45) is 7.26. The maximum Gasteiger partial charge on any atom is 0.132 e. The number of allylic oxidation sites excluding steroid dienone is 6. The number of halogens is 1. The third-order valence-electron chi connectivity index (χ3n) is 3.17. The minimum Gasteiger partial charge on any atom is -0.399 e. The SMILES string of the molecule is C=CC1=C(C=C)CCC(c2ccc(N)cc2F)=C1. The van der Waals surface area contributed by atoms with Gasteiger partial charge in [0.2, 0.25) is 0 Å². The molecule has 0 saturated heterocycles. The molecular formula is C16H16FN. The first kappa shape index (κ1) is 12.4. The lowest BCUT2D eigenvalue weighted by Gasteiger charge is -2.17. The largest absolute Gasteiger partial charge is 0.399 e. The van der Waals surface area contributed by atoms with Crippen molar-refractivity contribution in [2.45, 2.75) is 12.8 Å². The molecule has 2 N–H and O–H groups in total. The predicted octanol–water partition coefficient (Wildman–Crippen LogP) is 4.25. The second-order valence-electron chi connectivity index (χ2n) is 4.30. The van der Waals surface area contributed by atoms with E-state index in [1.807, 2.05) is 12.2 Å². The van der Waals surface area contributed by atoms with Crippen LogP contribution in [0.1, 0.15) is 18.4 Å². The van der Waals surface area contributed by atoms with Gasteiger partial charge in [-0.25, -0.2) is 4.39 Å². The standard InChI is InChI=1S/C16H16FN/c1-3-11-5-6-13(9-12(11)4-2)15-8-7-14(18)10-16(15)17/h3-4,7-10H,1-2,5-6,18H2. The molecule has 92 valence electrons. The number of nitrogens with two attached hydrogens (primary N) is 1. The van der Waals surface area contributed by atoms with Crippen molar-refractivity contribution in [1.82, 2.24) is 0 Å². The summed E-state index contributed by atoms with van der Waals surface area (Å²) in [4.78, 5) is 0. The Hall–Kier alpha value is -2.09. The Balaban J connectivity index is 2.46. The first-order chi connectivity index (χ1) is 8.65. The van der Waals surface area contributed by atoms with Crippen LogP contribution in [0.25, 0.3) is 5.57 Å². The Kier molecular flexibility index (Phi) is 3.47. The van der Waals surface area contributed by atoms with Crippen LogP contribution < -0.4 is 5.73 Å². The first-order valence-corrected chi connectivity index (χ1v) is 5.89. The summed E-state index contributed by atoms with van der Waals surface area (Å²) < 4.78 is 13.9. The average Bonchev–Trinajstić information content (AvgIpc) is 2.38. The van der Waals surface area contributed by atoms with E-state index < -0.39 is 0 Å². The fourth-order valence-corrected chi connectivity index (χ4v) is 2.18. The molecule has 0 saturated carbocycles. The molecule has 18 heavy (non-hydrogen) atoms. The van der Waals surface area contributed by atoms with Crippen LogP contribution in [-0.4, -0.2) is 0 Å². The molecule has 0 aromatic heterocycles. The highest BCUT2D eigenvalue weighted by molar-refractivity contribution is 5.73. The molecule has 2 rings (SSSR count). The van der Waals surface area contributed by atoms with Gasteiger partial charge in [0, 0.05) is 11.3 Å². The molecule has 1 nitrogen and oxygen atoms in total. The molecule has 0 aliphatic heterocycles. The van der Waals surface area contributed by atoms with Crippen LogP contribution in [0.5, 0.6) is 0 Å². The quantitative estimate of drug-likeness (QED) is 0.786. The summed E-state index contributed by atoms with van der Waals surface area (Å²) in [5.74, 6) is -0.272. The van der Waals surface area contributed by atoms with Crippen LogP contribution in [0, 0.1) is 5.82 Å². The maximum absolute atomic E-state index is 13.9. The van der Waals surface area contributed by atoms with E-state index in [1.54, 1.807) is 18.2 Å². The molecule has 0 bridgehead atoms. The van der Waals surface area contributed by atoms with Gasteiger partial charge in [0.15, 0.2) is 0 Å². The van der Waals surface area contributed by atoms with E-state index in [0.29, 0.717) is 11.3 Å². The molecular weight excluding hydrogens is 225 g/mol. The molecule has 1 aromatic carbocycles. The van der Waals surface area contributed by atoms with Gasteiger partial charge >= 0.3 is 0 Å². The number of hydrogen-bond donors (Lipinski definition) is 1. The second-order valence-corrected chi connectivity index (χ2v) is 4.30. The Labute approximate surface area is 107 Å². The van der Waals surface area contributed by atoms with Crippen LogP contribution in [0.4, 0.5) is 10.1 Å². The van der Waals surface area contributed by atoms with E-state index in [4.69, 9.17) is 5.73 Å². The number of rotatable bonds is 3. The summed E-state index contributed by atoms with van der Waals surface area (Å²) in [6, 6.07) is 4.81. The third kappa shape index (κ3) is 2.28. The van der Waals surface area contributed by atoms with Crippen LogP contribution in [0.15, 0.2) is 60.7 Å². The second kappa shape index (κ2) is 5.05. The molecule has 0 amide bonds. The number of nitrogen functional groups attached to an aromatic ring is 1. The zero-order valence-corrected chi connectivity index (χ0v) is 10.2. The van der Waals surface area contributed by atoms with Gasteiger partial charge in [0.1, 0.15) is 5.82 Å². The topological polar surface area (TPSA) is 26.0 Å². The Morgan fingerprint density at radius 1 is 1.17 bits per heavy atom. The molecule has 2 heteroatoms. The predicted molar refractivity (Wildman–Crippen MR) is 75.4 cm³/mol. The molecule has 1 aromatic rings. The lowest BCUT2D eigenvalue weighted by atomic mass is 9.88. The zero-order chi connectivity index (χ0) is 13.1. The average molecular weight is 241 g/mol. The monoisotopic (exact) mass is 241 g/mol. The Bertz CT molecular complexity index is 564. The van der Waals surface area contributed by atoms with E-state index in [-0.39, 0.29) is 5.82 Å². The highest BCUT2D eigenvalue weighted by Gasteiger charge is 2.14. The Morgan fingerprint density at radius 3 is 2.56 bits per heavy atom. The maximum atomic E-state index is 13.9. The van der Waals surface area contributed by atoms with E-state index in [1.165, 1.54) is 6.07 Å². The van der Waals surface area contributed by atoms with Gasteiger partial charge in [-0.1, -0.05) is 31.4 Å². The highest BCUT2D eigenvalue weighted by atomic mass is 19.1. The van der Waals surface area contributed by atoms with Crippen molar-refractivity contribution in [3.63, 3.8) is 0 Å². The summed E-state index contributed by atoms with van der Waals surface area (Å²) >= 11 is 0. The van der Waals surface area contributed by atoms with Crippen LogP contribution in [0.2, 0.25) is 0 Å². The van der Waals surface area contributed by atoms with Crippen molar-refractivity contribution < 1.29 is 4.39 Å². The Morgan fingerprint density at radius 2 is 1.94 bits per heavy atom. The molecule has 1 aliphatic carbocycles. The molecule has 0 fully saturated rings. The molecule has 0 spiro atoms. The van der Waals surface area contributed by atoms with Crippen LogP contribution in [0.3, 0.4) is 0 Å². The molecule has 0 unspecified atom stereocenters. The lowest BCUT2D eigenvalue weighted by Crippen LogP contribution is -1.99. The van der Waals surface area contributed by atoms with Crippen LogP contribution >= 0.6 is 0 Å². The van der Waals surface area contributed by atoms with Crippen molar-refractivity contribution in [1.29, 1.82) is 0 Å². The summed E-state index contributed by atoms with van der Waals surface area (Å²) in [7, 11) is 0. The van der Waals surface area contributed by atoms with Gasteiger partial charge in [0.25, 0.3) is 0 Å². The fraction of sp³-hybridized carbons (Fsp3) is 0.125. The lowest BCUT2D eigenvalue weighted by molar-refractivity contribution is 0.623. The van der Waals surface area contributed by atoms with E-state index in [9.17, 15) is 4.39 Å². The van der Waals surface area contributed by atoms with Gasteiger partial charge in [-0.3, -0.25) is 0 Å². The zero-order valence-electron chi connectivity index (χ0n) is 10.2. The van der Waals surface area contributed by atoms with Crippen molar-refractivity contribution in [3.8, 4) is 0 Å². The summed E-state index contributed by atoms with van der Waals surface area (Å²) in [5.41, 5.74) is 9.77. The number of hydrogen-bond acceptors (Lipinski definition) is 1. The summed E-state index contributed by atoms with van der Waals surface area (Å²) in [6.45, 7) is 7.57. The normalized spacial score (nSPS) is 15.3. The third-order valence-corrected chi connectivity index (χ3v) is 3.17. The number of anilines is 1. The van der Waals surface area contributed by atoms with Crippen molar-refractivity contribution in [2.24, 2.45) is 0 Å². The summed E-state index contributed by atoms with van der Waals surface area (Å²) in [5, 5.41) is 0. The van der Waals surface area contributed by atoms with Crippen molar-refractivity contribution in [2.75, 3.05) is 5.73 Å². The van der Waals surface area contributed by atoms with E-state index >= 15 is 0 Å². The van der Waals surface area contributed by atoms with Gasteiger partial charge in [0.05, 0.1) is 0 Å². The van der Waals surface area contributed by atoms with Crippen molar-refractivity contribution >= 4 is 11.3 Å².